The minimum atomic E-state index is 0. The average Bonchev–Trinajstić information content (AvgIpc) is 3.08. The van der Waals surface area contributed by atoms with Gasteiger partial charge in [0.25, 0.3) is 0 Å². The van der Waals surface area contributed by atoms with Gasteiger partial charge in [0.15, 0.2) is 0 Å². The Morgan fingerprint density at radius 2 is 1.48 bits per heavy atom. The molecule has 5 nitrogen and oxygen atoms in total. The fourth-order valence-electron chi connectivity index (χ4n) is 5.84. The van der Waals surface area contributed by atoms with Crippen LogP contribution in [0.15, 0.2) is 53.5 Å². The van der Waals surface area contributed by atoms with Crippen molar-refractivity contribution in [2.24, 2.45) is 5.92 Å². The third-order valence-electron chi connectivity index (χ3n) is 7.58. The molecule has 1 saturated heterocycles. The van der Waals surface area contributed by atoms with Gasteiger partial charge in [-0.25, -0.2) is 4.79 Å². The van der Waals surface area contributed by atoms with Crippen molar-refractivity contribution in [3.63, 3.8) is 0 Å². The number of pyridine rings is 1. The van der Waals surface area contributed by atoms with E-state index in [0.29, 0.717) is 6.54 Å². The van der Waals surface area contributed by atoms with Crippen LogP contribution in [0.1, 0.15) is 69.5 Å². The van der Waals surface area contributed by atoms with E-state index in [-0.39, 0.29) is 24.1 Å². The molecule has 0 bridgehead atoms. The highest BCUT2D eigenvalue weighted by Crippen LogP contribution is 2.28. The van der Waals surface area contributed by atoms with Gasteiger partial charge in [0.1, 0.15) is 0 Å². The molecule has 178 valence electrons. The zero-order chi connectivity index (χ0) is 21.8. The molecule has 6 heteroatoms. The van der Waals surface area contributed by atoms with Gasteiger partial charge in [0, 0.05) is 31.9 Å². The number of aromatic nitrogens is 3. The lowest BCUT2D eigenvalue weighted by atomic mass is 9.90. The molecule has 2 aliphatic rings. The van der Waals surface area contributed by atoms with Crippen LogP contribution in [0.25, 0.3) is 11.0 Å². The lowest BCUT2D eigenvalue weighted by Gasteiger charge is -2.35. The Kier molecular flexibility index (Phi) is 8.26. The van der Waals surface area contributed by atoms with Gasteiger partial charge in [-0.3, -0.25) is 14.1 Å². The van der Waals surface area contributed by atoms with Gasteiger partial charge in [-0.15, -0.1) is 12.4 Å². The quantitative estimate of drug-likeness (QED) is 0.484. The van der Waals surface area contributed by atoms with Crippen LogP contribution in [0.5, 0.6) is 0 Å². The fourth-order valence-corrected chi connectivity index (χ4v) is 5.84. The number of hydrogen-bond donors (Lipinski definition) is 0. The van der Waals surface area contributed by atoms with E-state index in [1.807, 2.05) is 34.9 Å². The normalized spacial score (nSPS) is 19.2. The number of benzene rings is 1. The summed E-state index contributed by atoms with van der Waals surface area (Å²) >= 11 is 0. The van der Waals surface area contributed by atoms with E-state index >= 15 is 0 Å². The summed E-state index contributed by atoms with van der Waals surface area (Å²) < 4.78 is 3.98. The lowest BCUT2D eigenvalue weighted by molar-refractivity contribution is 0.152. The maximum atomic E-state index is 13.5. The molecular weight excluding hydrogens is 432 g/mol. The lowest BCUT2D eigenvalue weighted by Crippen LogP contribution is -2.40. The van der Waals surface area contributed by atoms with E-state index in [4.69, 9.17) is 0 Å². The molecule has 2 aromatic heterocycles. The Balaban J connectivity index is 0.00000259. The molecule has 1 aromatic carbocycles. The Bertz CT molecular complexity index is 1060. The fraction of sp³-hybridized carbons (Fsp3) is 0.556. The molecule has 5 rings (SSSR count). The molecule has 3 aromatic rings. The molecule has 0 spiro atoms. The van der Waals surface area contributed by atoms with E-state index < -0.39 is 0 Å². The Morgan fingerprint density at radius 1 is 0.818 bits per heavy atom. The molecular formula is C27H37ClN4O. The van der Waals surface area contributed by atoms with Crippen LogP contribution in [-0.2, 0) is 6.54 Å². The molecule has 0 unspecified atom stereocenters. The highest BCUT2D eigenvalue weighted by Gasteiger charge is 2.26. The number of halogens is 1. The Hall–Kier alpha value is -2.11. The zero-order valence-electron chi connectivity index (χ0n) is 19.6. The second-order valence-electron chi connectivity index (χ2n) is 9.79. The summed E-state index contributed by atoms with van der Waals surface area (Å²) in [6.45, 7) is 3.98. The summed E-state index contributed by atoms with van der Waals surface area (Å²) in [4.78, 5) is 20.7. The first kappa shape index (κ1) is 24.0. The molecule has 0 N–H and O–H groups in total. The standard InChI is InChI=1S/C27H36N4O.ClH/c32-27-30(21-23-12-8-9-17-28-23)25-13-6-7-14-26(25)31(27)24-15-18-29(19-16-24)20-22-10-4-2-1-3-5-11-22;/h6-9,12-14,17,22,24H,1-5,10-11,15-16,18-21H2;1H. The van der Waals surface area contributed by atoms with Crippen molar-refractivity contribution in [3.05, 3.63) is 64.8 Å². The molecule has 0 atom stereocenters. The molecule has 0 amide bonds. The first-order valence-electron chi connectivity index (χ1n) is 12.6. The number of imidazole rings is 1. The van der Waals surface area contributed by atoms with E-state index in [9.17, 15) is 4.79 Å². The maximum absolute atomic E-state index is 13.5. The van der Waals surface area contributed by atoms with Crippen molar-refractivity contribution in [2.45, 2.75) is 70.4 Å². The third kappa shape index (κ3) is 5.52. The van der Waals surface area contributed by atoms with Gasteiger partial charge in [-0.1, -0.05) is 50.3 Å². The van der Waals surface area contributed by atoms with Crippen LogP contribution in [-0.4, -0.2) is 38.7 Å². The Labute approximate surface area is 203 Å². The topological polar surface area (TPSA) is 43.1 Å². The molecule has 1 aliphatic carbocycles. The Morgan fingerprint density at radius 3 is 2.18 bits per heavy atom. The van der Waals surface area contributed by atoms with Crippen molar-refractivity contribution < 1.29 is 0 Å². The van der Waals surface area contributed by atoms with Crippen LogP contribution in [0.2, 0.25) is 0 Å². The van der Waals surface area contributed by atoms with Crippen molar-refractivity contribution in [1.29, 1.82) is 0 Å². The van der Waals surface area contributed by atoms with Crippen molar-refractivity contribution in [2.75, 3.05) is 19.6 Å². The number of likely N-dealkylation sites (tertiary alicyclic amines) is 1. The number of piperidine rings is 1. The van der Waals surface area contributed by atoms with Crippen LogP contribution in [0.4, 0.5) is 0 Å². The van der Waals surface area contributed by atoms with Crippen LogP contribution < -0.4 is 5.69 Å². The van der Waals surface area contributed by atoms with Gasteiger partial charge in [-0.05, 0) is 55.9 Å². The zero-order valence-corrected chi connectivity index (χ0v) is 20.4. The smallest absolute Gasteiger partial charge is 0.303 e. The molecule has 3 heterocycles. The first-order chi connectivity index (χ1) is 15.8. The molecule has 33 heavy (non-hydrogen) atoms. The van der Waals surface area contributed by atoms with Crippen molar-refractivity contribution in [1.82, 2.24) is 19.0 Å². The number of para-hydroxylation sites is 2. The van der Waals surface area contributed by atoms with Gasteiger partial charge >= 0.3 is 5.69 Å². The SMILES string of the molecule is Cl.O=c1n(Cc2ccccn2)c2ccccc2n1C1CCN(CC2CCCCCCC2)CC1. The molecule has 1 saturated carbocycles. The van der Waals surface area contributed by atoms with E-state index in [0.717, 1.165) is 48.6 Å². The van der Waals surface area contributed by atoms with Crippen LogP contribution in [0, 0.1) is 5.92 Å². The van der Waals surface area contributed by atoms with Gasteiger partial charge in [0.05, 0.1) is 23.3 Å². The summed E-state index contributed by atoms with van der Waals surface area (Å²) in [7, 11) is 0. The molecule has 1 aliphatic heterocycles. The molecule has 2 fully saturated rings. The second kappa shape index (κ2) is 11.3. The van der Waals surface area contributed by atoms with Crippen molar-refractivity contribution >= 4 is 23.4 Å². The predicted octanol–water partition coefficient (Wildman–Crippen LogP) is 5.67. The van der Waals surface area contributed by atoms with Gasteiger partial charge < -0.3 is 4.90 Å². The third-order valence-corrected chi connectivity index (χ3v) is 7.58. The number of fused-ring (bicyclic) bond motifs is 1. The average molecular weight is 469 g/mol. The largest absolute Gasteiger partial charge is 0.329 e. The van der Waals surface area contributed by atoms with Crippen molar-refractivity contribution in [3.8, 4) is 0 Å². The minimum Gasteiger partial charge on any atom is -0.303 e. The number of rotatable bonds is 5. The van der Waals surface area contributed by atoms with Crippen LogP contribution in [0.3, 0.4) is 0 Å². The monoisotopic (exact) mass is 468 g/mol. The maximum Gasteiger partial charge on any atom is 0.329 e. The summed E-state index contributed by atoms with van der Waals surface area (Å²) in [5.41, 5.74) is 3.11. The highest BCUT2D eigenvalue weighted by molar-refractivity contribution is 5.85. The summed E-state index contributed by atoms with van der Waals surface area (Å²) in [6.07, 6.45) is 13.8. The summed E-state index contributed by atoms with van der Waals surface area (Å²) in [5.74, 6) is 0.870. The summed E-state index contributed by atoms with van der Waals surface area (Å²) in [6, 6.07) is 14.4. The molecule has 0 radical (unpaired) electrons. The highest BCUT2D eigenvalue weighted by atomic mass is 35.5. The van der Waals surface area contributed by atoms with Gasteiger partial charge in [-0.2, -0.15) is 0 Å². The van der Waals surface area contributed by atoms with Crippen LogP contribution >= 0.6 is 12.4 Å². The predicted molar refractivity (Wildman–Crippen MR) is 137 cm³/mol. The van der Waals surface area contributed by atoms with E-state index in [1.165, 1.54) is 51.5 Å². The summed E-state index contributed by atoms with van der Waals surface area (Å²) in [5, 5.41) is 0. The van der Waals surface area contributed by atoms with Gasteiger partial charge in [0.2, 0.25) is 0 Å². The number of nitrogens with zero attached hydrogens (tertiary/aromatic N) is 4. The minimum absolute atomic E-state index is 0. The first-order valence-corrected chi connectivity index (χ1v) is 12.6. The number of hydrogen-bond acceptors (Lipinski definition) is 3. The van der Waals surface area contributed by atoms with E-state index in [1.54, 1.807) is 6.20 Å². The van der Waals surface area contributed by atoms with E-state index in [2.05, 4.69) is 26.6 Å². The second-order valence-corrected chi connectivity index (χ2v) is 9.79.